The molecular weight excluding hydrogens is 474 g/mol. The van der Waals surface area contributed by atoms with Crippen molar-refractivity contribution >= 4 is 27.1 Å². The molecule has 0 bridgehead atoms. The van der Waals surface area contributed by atoms with Crippen LogP contribution < -0.4 is 10.6 Å². The second-order valence-electron chi connectivity index (χ2n) is 9.13. The summed E-state index contributed by atoms with van der Waals surface area (Å²) in [7, 11) is -3.88. The normalized spacial score (nSPS) is 18.2. The SMILES string of the molecule is CC(C)(C)c1nnc(-c2cc3c(cc2F)S(=O)(=O)C[C@H](N)CN3Cc2ccc(Cl)c(F)c2)o1. The van der Waals surface area contributed by atoms with Crippen LogP contribution in [0.5, 0.6) is 0 Å². The fourth-order valence-electron chi connectivity index (χ4n) is 3.65. The van der Waals surface area contributed by atoms with E-state index in [1.807, 2.05) is 20.8 Å². The Morgan fingerprint density at radius 3 is 2.55 bits per heavy atom. The van der Waals surface area contributed by atoms with Crippen molar-refractivity contribution in [1.82, 2.24) is 10.2 Å². The van der Waals surface area contributed by atoms with Gasteiger partial charge in [0.05, 0.1) is 26.9 Å². The maximum atomic E-state index is 15.1. The number of benzene rings is 2. The predicted molar refractivity (Wildman–Crippen MR) is 121 cm³/mol. The molecule has 0 spiro atoms. The summed E-state index contributed by atoms with van der Waals surface area (Å²) in [4.78, 5) is 1.48. The first-order chi connectivity index (χ1) is 15.3. The summed E-state index contributed by atoms with van der Waals surface area (Å²) in [5, 5.41) is 7.92. The van der Waals surface area contributed by atoms with Crippen LogP contribution in [0.1, 0.15) is 32.2 Å². The van der Waals surface area contributed by atoms with Crippen LogP contribution in [0, 0.1) is 11.6 Å². The van der Waals surface area contributed by atoms with Crippen molar-refractivity contribution in [2.75, 3.05) is 17.2 Å². The molecule has 0 radical (unpaired) electrons. The number of sulfone groups is 1. The van der Waals surface area contributed by atoms with Crippen LogP contribution in [0.15, 0.2) is 39.6 Å². The molecule has 11 heteroatoms. The average molecular weight is 497 g/mol. The van der Waals surface area contributed by atoms with Crippen molar-refractivity contribution in [2.45, 2.75) is 43.7 Å². The summed E-state index contributed by atoms with van der Waals surface area (Å²) < 4.78 is 60.6. The minimum Gasteiger partial charge on any atom is -0.420 e. The summed E-state index contributed by atoms with van der Waals surface area (Å²) >= 11 is 5.78. The Morgan fingerprint density at radius 2 is 1.91 bits per heavy atom. The van der Waals surface area contributed by atoms with Gasteiger partial charge in [0, 0.05) is 24.5 Å². The van der Waals surface area contributed by atoms with Gasteiger partial charge in [-0.1, -0.05) is 38.4 Å². The van der Waals surface area contributed by atoms with E-state index in [9.17, 15) is 12.8 Å². The molecule has 0 fully saturated rings. The fourth-order valence-corrected chi connectivity index (χ4v) is 5.41. The minimum absolute atomic E-state index is 0.0234. The van der Waals surface area contributed by atoms with Gasteiger partial charge >= 0.3 is 0 Å². The van der Waals surface area contributed by atoms with E-state index in [-0.39, 0.29) is 45.9 Å². The number of aromatic nitrogens is 2. The molecule has 3 aromatic rings. The smallest absolute Gasteiger partial charge is 0.250 e. The van der Waals surface area contributed by atoms with Crippen molar-refractivity contribution in [3.63, 3.8) is 0 Å². The molecule has 0 unspecified atom stereocenters. The maximum absolute atomic E-state index is 15.1. The third-order valence-corrected chi connectivity index (χ3v) is 7.44. The molecule has 33 heavy (non-hydrogen) atoms. The topological polar surface area (TPSA) is 102 Å². The van der Waals surface area contributed by atoms with Gasteiger partial charge in [-0.3, -0.25) is 0 Å². The van der Waals surface area contributed by atoms with Gasteiger partial charge in [-0.2, -0.15) is 0 Å². The van der Waals surface area contributed by atoms with E-state index >= 15 is 4.39 Å². The summed E-state index contributed by atoms with van der Waals surface area (Å²) in [6.45, 7) is 5.90. The van der Waals surface area contributed by atoms with Gasteiger partial charge in [0.1, 0.15) is 11.6 Å². The number of rotatable bonds is 3. The lowest BCUT2D eigenvalue weighted by Crippen LogP contribution is -2.39. The van der Waals surface area contributed by atoms with Crippen LogP contribution in [0.4, 0.5) is 14.5 Å². The molecule has 0 amide bonds. The van der Waals surface area contributed by atoms with Crippen LogP contribution in [-0.4, -0.2) is 37.0 Å². The number of nitrogens with zero attached hydrogens (tertiary/aromatic N) is 3. The molecule has 0 saturated heterocycles. The van der Waals surface area contributed by atoms with Crippen molar-refractivity contribution in [1.29, 1.82) is 0 Å². The fraction of sp³-hybridized carbons (Fsp3) is 0.364. The zero-order chi connectivity index (χ0) is 24.1. The third kappa shape index (κ3) is 4.73. The Morgan fingerprint density at radius 1 is 1.18 bits per heavy atom. The van der Waals surface area contributed by atoms with Gasteiger partial charge in [0.15, 0.2) is 9.84 Å². The summed E-state index contributed by atoms with van der Waals surface area (Å²) in [6, 6.07) is 5.91. The highest BCUT2D eigenvalue weighted by atomic mass is 35.5. The standard InChI is InChI=1S/C22H23ClF2N4O3S/c1-22(2,3)21-28-27-20(32-21)14-7-18-19(8-16(14)24)33(30,31)11-13(26)10-29(18)9-12-4-5-15(23)17(25)6-12/h4-8,13H,9-11,26H2,1-3H3/t13-/m1/s1. The van der Waals surface area contributed by atoms with Crippen molar-refractivity contribution < 1.29 is 21.6 Å². The van der Waals surface area contributed by atoms with E-state index in [0.29, 0.717) is 11.5 Å². The maximum Gasteiger partial charge on any atom is 0.250 e. The van der Waals surface area contributed by atoms with Crippen molar-refractivity contribution in [3.05, 3.63) is 58.4 Å². The largest absolute Gasteiger partial charge is 0.420 e. The lowest BCUT2D eigenvalue weighted by molar-refractivity contribution is 0.398. The number of anilines is 1. The molecule has 2 N–H and O–H groups in total. The second kappa shape index (κ2) is 8.34. The Hall–Kier alpha value is -2.56. The molecular formula is C22H23ClF2N4O3S. The zero-order valence-corrected chi connectivity index (χ0v) is 19.8. The number of nitrogens with two attached hydrogens (primary N) is 1. The molecule has 1 aliphatic rings. The number of hydrogen-bond acceptors (Lipinski definition) is 7. The average Bonchev–Trinajstić information content (AvgIpc) is 3.17. The number of fused-ring (bicyclic) bond motifs is 1. The van der Waals surface area contributed by atoms with E-state index in [1.165, 1.54) is 18.2 Å². The van der Waals surface area contributed by atoms with Gasteiger partial charge in [-0.25, -0.2) is 17.2 Å². The molecule has 4 rings (SSSR count). The lowest BCUT2D eigenvalue weighted by atomic mass is 9.97. The first-order valence-corrected chi connectivity index (χ1v) is 12.2. The molecule has 2 heterocycles. The van der Waals surface area contributed by atoms with Gasteiger partial charge in [-0.15, -0.1) is 10.2 Å². The van der Waals surface area contributed by atoms with Gasteiger partial charge < -0.3 is 15.1 Å². The minimum atomic E-state index is -3.88. The number of halogens is 3. The molecule has 176 valence electrons. The quantitative estimate of drug-likeness (QED) is 0.582. The third-order valence-electron chi connectivity index (χ3n) is 5.27. The van der Waals surface area contributed by atoms with E-state index in [4.69, 9.17) is 21.8 Å². The molecule has 2 aromatic carbocycles. The van der Waals surface area contributed by atoms with Gasteiger partial charge in [-0.05, 0) is 29.8 Å². The lowest BCUT2D eigenvalue weighted by Gasteiger charge is -2.26. The Balaban J connectivity index is 1.85. The Bertz CT molecular complexity index is 1320. The van der Waals surface area contributed by atoms with Crippen LogP contribution in [-0.2, 0) is 21.8 Å². The Kier molecular flexibility index (Phi) is 5.96. The van der Waals surface area contributed by atoms with E-state index in [0.717, 1.165) is 6.07 Å². The summed E-state index contributed by atoms with van der Waals surface area (Å²) in [6.07, 6.45) is 0. The Labute approximate surface area is 195 Å². The van der Waals surface area contributed by atoms with Gasteiger partial charge in [0.25, 0.3) is 5.89 Å². The van der Waals surface area contributed by atoms with Crippen molar-refractivity contribution in [3.8, 4) is 11.5 Å². The molecule has 0 aliphatic carbocycles. The summed E-state index contributed by atoms with van der Waals surface area (Å²) in [5.41, 5.74) is 6.37. The highest BCUT2D eigenvalue weighted by molar-refractivity contribution is 7.91. The van der Waals surface area contributed by atoms with E-state index in [2.05, 4.69) is 10.2 Å². The van der Waals surface area contributed by atoms with E-state index < -0.39 is 32.9 Å². The highest BCUT2D eigenvalue weighted by Crippen LogP contribution is 2.37. The van der Waals surface area contributed by atoms with E-state index in [1.54, 1.807) is 11.0 Å². The van der Waals surface area contributed by atoms with Crippen molar-refractivity contribution in [2.24, 2.45) is 5.73 Å². The molecule has 7 nitrogen and oxygen atoms in total. The first-order valence-electron chi connectivity index (χ1n) is 10.2. The highest BCUT2D eigenvalue weighted by Gasteiger charge is 2.33. The monoisotopic (exact) mass is 496 g/mol. The van der Waals surface area contributed by atoms with Crippen LogP contribution in [0.2, 0.25) is 5.02 Å². The summed E-state index contributed by atoms with van der Waals surface area (Å²) in [5.74, 6) is -1.51. The molecule has 0 saturated carbocycles. The van der Waals surface area contributed by atoms with Crippen LogP contribution >= 0.6 is 11.6 Å². The molecule has 1 aliphatic heterocycles. The van der Waals surface area contributed by atoms with Crippen LogP contribution in [0.3, 0.4) is 0 Å². The van der Waals surface area contributed by atoms with Gasteiger partial charge in [0.2, 0.25) is 5.89 Å². The predicted octanol–water partition coefficient (Wildman–Crippen LogP) is 4.09. The second-order valence-corrected chi connectivity index (χ2v) is 11.5. The molecule has 1 aromatic heterocycles. The molecule has 1 atom stereocenters. The first kappa shape index (κ1) is 23.6. The van der Waals surface area contributed by atoms with Crippen LogP contribution in [0.25, 0.3) is 11.5 Å². The number of hydrogen-bond donors (Lipinski definition) is 1. The zero-order valence-electron chi connectivity index (χ0n) is 18.3.